The van der Waals surface area contributed by atoms with E-state index in [4.69, 9.17) is 0 Å². The van der Waals surface area contributed by atoms with Crippen LogP contribution < -0.4 is 5.32 Å². The van der Waals surface area contributed by atoms with Gasteiger partial charge in [0.05, 0.1) is 18.3 Å². The van der Waals surface area contributed by atoms with Gasteiger partial charge in [0.25, 0.3) is 0 Å². The van der Waals surface area contributed by atoms with Gasteiger partial charge in [-0.05, 0) is 37.4 Å². The maximum absolute atomic E-state index is 4.52. The van der Waals surface area contributed by atoms with Crippen molar-refractivity contribution in [2.24, 2.45) is 0 Å². The van der Waals surface area contributed by atoms with Gasteiger partial charge in [-0.3, -0.25) is 4.68 Å². The molecule has 3 nitrogen and oxygen atoms in total. The van der Waals surface area contributed by atoms with Gasteiger partial charge in [0.2, 0.25) is 0 Å². The van der Waals surface area contributed by atoms with E-state index in [2.05, 4.69) is 72.4 Å². The fraction of sp³-hybridized carbons (Fsp3) is 0.471. The van der Waals surface area contributed by atoms with E-state index >= 15 is 0 Å². The summed E-state index contributed by atoms with van der Waals surface area (Å²) in [5.74, 6) is 0. The predicted molar refractivity (Wildman–Crippen MR) is 83.8 cm³/mol. The Hall–Kier alpha value is -1.61. The van der Waals surface area contributed by atoms with Gasteiger partial charge in [-0.1, -0.05) is 44.2 Å². The monoisotopic (exact) mass is 271 g/mol. The van der Waals surface area contributed by atoms with E-state index in [1.165, 1.54) is 11.1 Å². The Labute approximate surface area is 122 Å². The molecule has 0 saturated carbocycles. The Morgan fingerprint density at radius 1 is 1.20 bits per heavy atom. The predicted octanol–water partition coefficient (Wildman–Crippen LogP) is 3.88. The molecule has 0 aliphatic heterocycles. The van der Waals surface area contributed by atoms with Crippen LogP contribution in [-0.4, -0.2) is 16.3 Å². The van der Waals surface area contributed by atoms with E-state index in [1.54, 1.807) is 0 Å². The topological polar surface area (TPSA) is 29.9 Å². The van der Waals surface area contributed by atoms with Crippen LogP contribution >= 0.6 is 0 Å². The molecule has 0 amide bonds. The highest BCUT2D eigenvalue weighted by Crippen LogP contribution is 2.28. The molecule has 0 aliphatic carbocycles. The van der Waals surface area contributed by atoms with Gasteiger partial charge in [-0.25, -0.2) is 0 Å². The molecule has 20 heavy (non-hydrogen) atoms. The van der Waals surface area contributed by atoms with Crippen molar-refractivity contribution in [2.75, 3.05) is 6.54 Å². The minimum Gasteiger partial charge on any atom is -0.308 e. The second-order valence-electron chi connectivity index (χ2n) is 5.32. The molecule has 108 valence electrons. The molecular formula is C17H25N3. The number of aryl methyl sites for hydroxylation is 1. The van der Waals surface area contributed by atoms with E-state index in [9.17, 15) is 0 Å². The summed E-state index contributed by atoms with van der Waals surface area (Å²) in [4.78, 5) is 0. The minimum atomic E-state index is 0.306. The molecule has 0 radical (unpaired) electrons. The summed E-state index contributed by atoms with van der Waals surface area (Å²) in [6, 6.07) is 11.3. The fourth-order valence-electron chi connectivity index (χ4n) is 2.63. The highest BCUT2D eigenvalue weighted by molar-refractivity contribution is 5.20. The summed E-state index contributed by atoms with van der Waals surface area (Å²) in [5.41, 5.74) is 2.55. The molecular weight excluding hydrogens is 246 g/mol. The summed E-state index contributed by atoms with van der Waals surface area (Å²) < 4.78 is 2.11. The third-order valence-corrected chi connectivity index (χ3v) is 3.65. The summed E-state index contributed by atoms with van der Waals surface area (Å²) >= 11 is 0. The number of rotatable bonds is 7. The van der Waals surface area contributed by atoms with Gasteiger partial charge in [0, 0.05) is 6.20 Å². The van der Waals surface area contributed by atoms with Crippen molar-refractivity contribution >= 4 is 0 Å². The number of aromatic nitrogens is 2. The molecule has 0 spiro atoms. The van der Waals surface area contributed by atoms with E-state index in [0.29, 0.717) is 12.1 Å². The SMILES string of the molecule is CCCNC(c1ccccc1)C(CC)n1cc(C)cn1. The molecule has 3 heteroatoms. The van der Waals surface area contributed by atoms with E-state index in [1.807, 2.05) is 6.20 Å². The molecule has 1 heterocycles. The minimum absolute atomic E-state index is 0.306. The van der Waals surface area contributed by atoms with Crippen LogP contribution in [0, 0.1) is 6.92 Å². The average Bonchev–Trinajstić information content (AvgIpc) is 2.90. The molecule has 2 unspecified atom stereocenters. The Morgan fingerprint density at radius 2 is 1.95 bits per heavy atom. The third kappa shape index (κ3) is 3.48. The van der Waals surface area contributed by atoms with E-state index in [0.717, 1.165) is 19.4 Å². The smallest absolute Gasteiger partial charge is 0.0711 e. The van der Waals surface area contributed by atoms with Crippen LogP contribution in [0.5, 0.6) is 0 Å². The van der Waals surface area contributed by atoms with Crippen molar-refractivity contribution in [3.63, 3.8) is 0 Å². The van der Waals surface area contributed by atoms with Crippen molar-refractivity contribution in [3.8, 4) is 0 Å². The molecule has 0 fully saturated rings. The lowest BCUT2D eigenvalue weighted by atomic mass is 9.97. The second kappa shape index (κ2) is 7.25. The van der Waals surface area contributed by atoms with Crippen LogP contribution in [0.4, 0.5) is 0 Å². The van der Waals surface area contributed by atoms with Crippen LogP contribution in [0.2, 0.25) is 0 Å². The maximum atomic E-state index is 4.52. The number of benzene rings is 1. The molecule has 1 aromatic carbocycles. The lowest BCUT2D eigenvalue weighted by Crippen LogP contribution is -2.31. The van der Waals surface area contributed by atoms with E-state index < -0.39 is 0 Å². The number of hydrogen-bond acceptors (Lipinski definition) is 2. The first-order valence-electron chi connectivity index (χ1n) is 7.55. The molecule has 0 bridgehead atoms. The van der Waals surface area contributed by atoms with Crippen LogP contribution in [-0.2, 0) is 0 Å². The van der Waals surface area contributed by atoms with Crippen LogP contribution in [0.1, 0.15) is 49.9 Å². The Balaban J connectivity index is 2.28. The van der Waals surface area contributed by atoms with Crippen molar-refractivity contribution in [1.29, 1.82) is 0 Å². The quantitative estimate of drug-likeness (QED) is 0.828. The lowest BCUT2D eigenvalue weighted by molar-refractivity contribution is 0.322. The third-order valence-electron chi connectivity index (χ3n) is 3.65. The first-order valence-corrected chi connectivity index (χ1v) is 7.55. The van der Waals surface area contributed by atoms with Crippen molar-refractivity contribution in [3.05, 3.63) is 53.9 Å². The molecule has 2 rings (SSSR count). The molecule has 2 aromatic rings. The second-order valence-corrected chi connectivity index (χ2v) is 5.32. The zero-order valence-corrected chi connectivity index (χ0v) is 12.7. The number of nitrogens with one attached hydrogen (secondary N) is 1. The van der Waals surface area contributed by atoms with Gasteiger partial charge in [0.1, 0.15) is 0 Å². The summed E-state index contributed by atoms with van der Waals surface area (Å²) in [6.07, 6.45) is 6.26. The summed E-state index contributed by atoms with van der Waals surface area (Å²) in [7, 11) is 0. The maximum Gasteiger partial charge on any atom is 0.0711 e. The van der Waals surface area contributed by atoms with Crippen molar-refractivity contribution in [1.82, 2.24) is 15.1 Å². The summed E-state index contributed by atoms with van der Waals surface area (Å²) in [6.45, 7) is 7.54. The van der Waals surface area contributed by atoms with E-state index in [-0.39, 0.29) is 0 Å². The molecule has 0 aliphatic rings. The average molecular weight is 271 g/mol. The normalized spacial score (nSPS) is 14.2. The first-order chi connectivity index (χ1) is 9.76. The standard InChI is InChI=1S/C17H25N3/c1-4-11-18-17(15-9-7-6-8-10-15)16(5-2)20-13-14(3)12-19-20/h6-10,12-13,16-18H,4-5,11H2,1-3H3. The van der Waals surface area contributed by atoms with Crippen molar-refractivity contribution < 1.29 is 0 Å². The lowest BCUT2D eigenvalue weighted by Gasteiger charge is -2.28. The van der Waals surface area contributed by atoms with Gasteiger partial charge in [0.15, 0.2) is 0 Å². The van der Waals surface area contributed by atoms with Gasteiger partial charge in [-0.2, -0.15) is 5.10 Å². The van der Waals surface area contributed by atoms with Crippen LogP contribution in [0.15, 0.2) is 42.7 Å². The number of hydrogen-bond donors (Lipinski definition) is 1. The fourth-order valence-corrected chi connectivity index (χ4v) is 2.63. The van der Waals surface area contributed by atoms with Crippen LogP contribution in [0.3, 0.4) is 0 Å². The highest BCUT2D eigenvalue weighted by atomic mass is 15.3. The van der Waals surface area contributed by atoms with Crippen LogP contribution in [0.25, 0.3) is 0 Å². The summed E-state index contributed by atoms with van der Waals surface area (Å²) in [5, 5.41) is 8.20. The Kier molecular flexibility index (Phi) is 5.36. The zero-order chi connectivity index (χ0) is 14.4. The van der Waals surface area contributed by atoms with Crippen molar-refractivity contribution in [2.45, 2.75) is 45.7 Å². The highest BCUT2D eigenvalue weighted by Gasteiger charge is 2.23. The number of nitrogens with zero attached hydrogens (tertiary/aromatic N) is 2. The zero-order valence-electron chi connectivity index (χ0n) is 12.7. The molecule has 2 atom stereocenters. The molecule has 1 aromatic heterocycles. The Bertz CT molecular complexity index is 504. The Morgan fingerprint density at radius 3 is 2.50 bits per heavy atom. The largest absolute Gasteiger partial charge is 0.308 e. The van der Waals surface area contributed by atoms with Gasteiger partial charge < -0.3 is 5.32 Å². The molecule has 1 N–H and O–H groups in total. The van der Waals surface area contributed by atoms with Gasteiger partial charge in [-0.15, -0.1) is 0 Å². The first kappa shape index (κ1) is 14.8. The van der Waals surface area contributed by atoms with Gasteiger partial charge >= 0.3 is 0 Å². The molecule has 0 saturated heterocycles.